The number of sulfonamides is 2. The number of nitrogens with one attached hydrogen (secondary N) is 2. The highest BCUT2D eigenvalue weighted by atomic mass is 32.2. The van der Waals surface area contributed by atoms with Crippen molar-refractivity contribution in [3.05, 3.63) is 0 Å². The molecule has 122 valence electrons. The summed E-state index contributed by atoms with van der Waals surface area (Å²) < 4.78 is 51.2. The third kappa shape index (κ3) is 8.15. The van der Waals surface area contributed by atoms with Gasteiger partial charge >= 0.3 is 0 Å². The molecule has 0 aromatic heterocycles. The van der Waals surface area contributed by atoms with Crippen molar-refractivity contribution in [1.29, 1.82) is 0 Å². The van der Waals surface area contributed by atoms with Gasteiger partial charge in [-0.05, 0) is 26.2 Å². The second kappa shape index (κ2) is 7.69. The van der Waals surface area contributed by atoms with Gasteiger partial charge in [-0.15, -0.1) is 0 Å². The lowest BCUT2D eigenvalue weighted by atomic mass is 9.92. The first-order valence-corrected chi connectivity index (χ1v) is 9.95. The summed E-state index contributed by atoms with van der Waals surface area (Å²) in [4.78, 5) is 0. The number of nitrogens with two attached hydrogens (primary N) is 1. The first-order chi connectivity index (χ1) is 8.95. The molecule has 4 N–H and O–H groups in total. The first kappa shape index (κ1) is 19.8. The van der Waals surface area contributed by atoms with E-state index in [-0.39, 0.29) is 24.6 Å². The molecule has 1 atom stereocenters. The van der Waals surface area contributed by atoms with Crippen LogP contribution in [0.25, 0.3) is 0 Å². The maximum Gasteiger partial charge on any atom is 0.213 e. The Hall–Kier alpha value is -0.220. The molecule has 9 heteroatoms. The molecule has 0 spiro atoms. The maximum atomic E-state index is 12.0. The summed E-state index contributed by atoms with van der Waals surface area (Å²) in [5, 5.41) is 0. The van der Waals surface area contributed by atoms with Gasteiger partial charge in [0.25, 0.3) is 0 Å². The van der Waals surface area contributed by atoms with Crippen molar-refractivity contribution < 1.29 is 16.8 Å². The smallest absolute Gasteiger partial charge is 0.213 e. The molecule has 7 nitrogen and oxygen atoms in total. The molecule has 0 aromatic carbocycles. The van der Waals surface area contributed by atoms with Crippen LogP contribution in [-0.2, 0) is 20.0 Å². The molecule has 0 aliphatic carbocycles. The Labute approximate surface area is 122 Å². The summed E-state index contributed by atoms with van der Waals surface area (Å²) in [6.07, 6.45) is 0.615. The second-order valence-electron chi connectivity index (χ2n) is 5.58. The fraction of sp³-hybridized carbons (Fsp3) is 1.00. The molecule has 0 rings (SSSR count). The Morgan fingerprint density at radius 2 is 1.70 bits per heavy atom. The molecular formula is C11H27N3O4S2. The second-order valence-corrected chi connectivity index (χ2v) is 9.52. The Kier molecular flexibility index (Phi) is 7.61. The molecule has 20 heavy (non-hydrogen) atoms. The molecule has 0 aliphatic rings. The third-order valence-electron chi connectivity index (χ3n) is 2.78. The Morgan fingerprint density at radius 3 is 2.10 bits per heavy atom. The molecule has 0 radical (unpaired) electrons. The lowest BCUT2D eigenvalue weighted by Gasteiger charge is -2.30. The minimum Gasteiger partial charge on any atom is -0.329 e. The van der Waals surface area contributed by atoms with Gasteiger partial charge in [-0.25, -0.2) is 26.3 Å². The highest BCUT2D eigenvalue weighted by Gasteiger charge is 2.29. The summed E-state index contributed by atoms with van der Waals surface area (Å²) in [5.74, 6) is -0.0845. The van der Waals surface area contributed by atoms with Crippen LogP contribution in [0.3, 0.4) is 0 Å². The van der Waals surface area contributed by atoms with Gasteiger partial charge in [0.15, 0.2) is 0 Å². The van der Waals surface area contributed by atoms with Crippen molar-refractivity contribution >= 4 is 20.0 Å². The molecule has 0 fully saturated rings. The standard InChI is InChI=1S/C11H27N3O4S2/c1-5-19(15,16)13-6-7-20(17,18)14-11(4,9-12)8-10(2)3/h10,13-14H,5-9,12H2,1-4H3. The normalized spacial score (nSPS) is 16.3. The van der Waals surface area contributed by atoms with E-state index >= 15 is 0 Å². The minimum atomic E-state index is -3.58. The fourth-order valence-electron chi connectivity index (χ4n) is 1.93. The quantitative estimate of drug-likeness (QED) is 0.504. The SMILES string of the molecule is CCS(=O)(=O)NCCS(=O)(=O)NC(C)(CN)CC(C)C. The van der Waals surface area contributed by atoms with Crippen molar-refractivity contribution in [2.75, 3.05) is 24.6 Å². The van der Waals surface area contributed by atoms with Crippen LogP contribution < -0.4 is 15.2 Å². The minimum absolute atomic E-state index is 0.0751. The number of hydrogen-bond acceptors (Lipinski definition) is 5. The fourth-order valence-corrected chi connectivity index (χ4v) is 4.06. The Bertz CT molecular complexity index is 488. The summed E-state index contributed by atoms with van der Waals surface area (Å²) in [5.41, 5.74) is 4.93. The topological polar surface area (TPSA) is 118 Å². The molecule has 0 amide bonds. The van der Waals surface area contributed by atoms with Crippen molar-refractivity contribution in [3.8, 4) is 0 Å². The zero-order valence-electron chi connectivity index (χ0n) is 12.6. The Balaban J connectivity index is 4.58. The summed E-state index contributed by atoms with van der Waals surface area (Å²) in [6, 6.07) is 0. The maximum absolute atomic E-state index is 12.0. The average Bonchev–Trinajstić information content (AvgIpc) is 2.26. The molecule has 0 heterocycles. The van der Waals surface area contributed by atoms with E-state index in [1.54, 1.807) is 6.92 Å². The van der Waals surface area contributed by atoms with Gasteiger partial charge < -0.3 is 5.73 Å². The van der Waals surface area contributed by atoms with Gasteiger partial charge in [0.2, 0.25) is 20.0 Å². The lowest BCUT2D eigenvalue weighted by Crippen LogP contribution is -2.53. The van der Waals surface area contributed by atoms with Crippen LogP contribution >= 0.6 is 0 Å². The van der Waals surface area contributed by atoms with E-state index in [0.717, 1.165) is 0 Å². The molecular weight excluding hydrogens is 302 g/mol. The van der Waals surface area contributed by atoms with E-state index in [9.17, 15) is 16.8 Å². The van der Waals surface area contributed by atoms with Gasteiger partial charge in [0.1, 0.15) is 0 Å². The molecule has 0 bridgehead atoms. The number of hydrogen-bond donors (Lipinski definition) is 3. The Morgan fingerprint density at radius 1 is 1.15 bits per heavy atom. The van der Waals surface area contributed by atoms with Crippen LogP contribution in [0.5, 0.6) is 0 Å². The largest absolute Gasteiger partial charge is 0.329 e. The summed E-state index contributed by atoms with van der Waals surface area (Å²) >= 11 is 0. The van der Waals surface area contributed by atoms with E-state index in [0.29, 0.717) is 12.3 Å². The van der Waals surface area contributed by atoms with Gasteiger partial charge in [-0.3, -0.25) is 0 Å². The van der Waals surface area contributed by atoms with Gasteiger partial charge in [0.05, 0.1) is 11.5 Å². The monoisotopic (exact) mass is 329 g/mol. The van der Waals surface area contributed by atoms with Crippen LogP contribution in [0, 0.1) is 5.92 Å². The van der Waals surface area contributed by atoms with Crippen LogP contribution in [0.1, 0.15) is 34.1 Å². The van der Waals surface area contributed by atoms with Gasteiger partial charge in [0, 0.05) is 18.6 Å². The predicted molar refractivity (Wildman–Crippen MR) is 81.3 cm³/mol. The highest BCUT2D eigenvalue weighted by Crippen LogP contribution is 2.16. The van der Waals surface area contributed by atoms with Crippen LogP contribution in [0.15, 0.2) is 0 Å². The molecule has 0 aliphatic heterocycles. The van der Waals surface area contributed by atoms with Crippen molar-refractivity contribution in [2.45, 2.75) is 39.7 Å². The van der Waals surface area contributed by atoms with Crippen molar-refractivity contribution in [1.82, 2.24) is 9.44 Å². The van der Waals surface area contributed by atoms with Crippen LogP contribution in [0.2, 0.25) is 0 Å². The van der Waals surface area contributed by atoms with Gasteiger partial charge in [-0.2, -0.15) is 0 Å². The van der Waals surface area contributed by atoms with E-state index in [1.165, 1.54) is 6.92 Å². The molecule has 0 saturated heterocycles. The first-order valence-electron chi connectivity index (χ1n) is 6.64. The average molecular weight is 329 g/mol. The zero-order valence-corrected chi connectivity index (χ0v) is 14.3. The number of rotatable bonds is 10. The molecule has 0 aromatic rings. The van der Waals surface area contributed by atoms with Crippen LogP contribution in [0.4, 0.5) is 0 Å². The van der Waals surface area contributed by atoms with Gasteiger partial charge in [-0.1, -0.05) is 13.8 Å². The van der Waals surface area contributed by atoms with Crippen molar-refractivity contribution in [3.63, 3.8) is 0 Å². The van der Waals surface area contributed by atoms with E-state index in [1.807, 2.05) is 13.8 Å². The highest BCUT2D eigenvalue weighted by molar-refractivity contribution is 7.90. The third-order valence-corrected chi connectivity index (χ3v) is 5.73. The summed E-state index contributed by atoms with van der Waals surface area (Å²) in [6.45, 7) is 7.25. The van der Waals surface area contributed by atoms with E-state index in [4.69, 9.17) is 5.73 Å². The zero-order chi connectivity index (χ0) is 16.0. The van der Waals surface area contributed by atoms with E-state index < -0.39 is 25.6 Å². The van der Waals surface area contributed by atoms with E-state index in [2.05, 4.69) is 9.44 Å². The van der Waals surface area contributed by atoms with Crippen LogP contribution in [-0.4, -0.2) is 47.0 Å². The summed E-state index contributed by atoms with van der Waals surface area (Å²) in [7, 11) is -6.96. The molecule has 0 saturated carbocycles. The predicted octanol–water partition coefficient (Wildman–Crippen LogP) is -0.391. The molecule has 1 unspecified atom stereocenters. The lowest BCUT2D eigenvalue weighted by molar-refractivity contribution is 0.344. The van der Waals surface area contributed by atoms with Crippen molar-refractivity contribution in [2.24, 2.45) is 11.7 Å².